The van der Waals surface area contributed by atoms with Gasteiger partial charge in [0.1, 0.15) is 5.82 Å². The first-order valence-electron chi connectivity index (χ1n) is 4.77. The van der Waals surface area contributed by atoms with Crippen LogP contribution in [0.5, 0.6) is 0 Å². The fourth-order valence-electron chi connectivity index (χ4n) is 1.56. The monoisotopic (exact) mass is 196 g/mol. The molecule has 0 bridgehead atoms. The normalized spacial score (nSPS) is 17.3. The second-order valence-corrected chi connectivity index (χ2v) is 3.84. The maximum absolute atomic E-state index is 12.6. The van der Waals surface area contributed by atoms with Crippen LogP contribution in [0.15, 0.2) is 24.3 Å². The molecule has 0 amide bonds. The van der Waals surface area contributed by atoms with Gasteiger partial charge >= 0.3 is 0 Å². The summed E-state index contributed by atoms with van der Waals surface area (Å²) >= 11 is 0. The first kappa shape index (κ1) is 11.1. The molecule has 1 aliphatic carbocycles. The number of nitrogens with two attached hydrogens (primary N) is 1. The zero-order valence-corrected chi connectivity index (χ0v) is 8.25. The molecule has 2 rings (SSSR count). The highest BCUT2D eigenvalue weighted by Gasteiger charge is 2.24. The smallest absolute Gasteiger partial charge is 0.123 e. The van der Waals surface area contributed by atoms with E-state index in [4.69, 9.17) is 5.73 Å². The van der Waals surface area contributed by atoms with Gasteiger partial charge in [-0.05, 0) is 30.0 Å². The molecule has 1 saturated carbocycles. The van der Waals surface area contributed by atoms with Crippen LogP contribution in [0.25, 0.3) is 0 Å². The number of benzene rings is 1. The van der Waals surface area contributed by atoms with Crippen LogP contribution >= 0.6 is 0 Å². The highest BCUT2D eigenvalue weighted by Crippen LogP contribution is 2.36. The Bertz CT molecular complexity index is 280. The third kappa shape index (κ3) is 2.79. The van der Waals surface area contributed by atoms with Crippen molar-refractivity contribution in [1.29, 1.82) is 0 Å². The molecule has 14 heavy (non-hydrogen) atoms. The van der Waals surface area contributed by atoms with Crippen molar-refractivity contribution >= 4 is 0 Å². The lowest BCUT2D eigenvalue weighted by Gasteiger charge is -2.10. The average Bonchev–Trinajstić information content (AvgIpc) is 2.89. The molecule has 1 aliphatic rings. The van der Waals surface area contributed by atoms with E-state index >= 15 is 0 Å². The molecular formula is C11H17FN2. The lowest BCUT2D eigenvalue weighted by atomic mass is 10.0. The minimum Gasteiger partial charge on any atom is -0.344 e. The van der Waals surface area contributed by atoms with Crippen molar-refractivity contribution in [2.75, 3.05) is 0 Å². The first-order chi connectivity index (χ1) is 6.25. The van der Waals surface area contributed by atoms with Crippen LogP contribution in [0, 0.1) is 11.7 Å². The Hall–Kier alpha value is -0.930. The van der Waals surface area contributed by atoms with Crippen LogP contribution in [0.3, 0.4) is 0 Å². The molecule has 3 heteroatoms. The van der Waals surface area contributed by atoms with Gasteiger partial charge in [0.15, 0.2) is 0 Å². The highest BCUT2D eigenvalue weighted by atomic mass is 19.1. The van der Waals surface area contributed by atoms with Gasteiger partial charge in [-0.15, -0.1) is 0 Å². The number of halogens is 1. The summed E-state index contributed by atoms with van der Waals surface area (Å²) in [7, 11) is 0. The molecule has 2 nitrogen and oxygen atoms in total. The van der Waals surface area contributed by atoms with Crippen molar-refractivity contribution in [2.45, 2.75) is 25.3 Å². The van der Waals surface area contributed by atoms with Crippen LogP contribution in [-0.4, -0.2) is 0 Å². The summed E-state index contributed by atoms with van der Waals surface area (Å²) in [5, 5.41) is 0. The highest BCUT2D eigenvalue weighted by molar-refractivity contribution is 5.19. The Balaban J connectivity index is 0.000000980. The molecule has 1 unspecified atom stereocenters. The van der Waals surface area contributed by atoms with Crippen LogP contribution in [0.2, 0.25) is 0 Å². The summed E-state index contributed by atoms with van der Waals surface area (Å²) in [4.78, 5) is 0. The quantitative estimate of drug-likeness (QED) is 0.780. The summed E-state index contributed by atoms with van der Waals surface area (Å²) in [6.45, 7) is 0. The first-order valence-corrected chi connectivity index (χ1v) is 4.77. The second-order valence-electron chi connectivity index (χ2n) is 3.84. The molecule has 0 aliphatic heterocycles. The molecule has 78 valence electrons. The zero-order chi connectivity index (χ0) is 9.26. The standard InChI is InChI=1S/C11H14FN.H3N/c12-10-5-3-9(4-6-10)11(13)7-8-1-2-8;/h3-6,8,11H,1-2,7,13H2;1H3. The third-order valence-corrected chi connectivity index (χ3v) is 2.58. The van der Waals surface area contributed by atoms with Gasteiger partial charge in [0.2, 0.25) is 0 Å². The summed E-state index contributed by atoms with van der Waals surface area (Å²) in [6.07, 6.45) is 3.68. The van der Waals surface area contributed by atoms with E-state index < -0.39 is 0 Å². The maximum atomic E-state index is 12.6. The van der Waals surface area contributed by atoms with Gasteiger partial charge in [-0.2, -0.15) is 0 Å². The summed E-state index contributed by atoms with van der Waals surface area (Å²) in [5.74, 6) is 0.627. The topological polar surface area (TPSA) is 61.0 Å². The Morgan fingerprint density at radius 3 is 2.36 bits per heavy atom. The van der Waals surface area contributed by atoms with Gasteiger partial charge in [-0.1, -0.05) is 25.0 Å². The van der Waals surface area contributed by atoms with Crippen LogP contribution in [-0.2, 0) is 0 Å². The molecule has 0 spiro atoms. The Kier molecular flexibility index (Phi) is 3.61. The fourth-order valence-corrected chi connectivity index (χ4v) is 1.56. The number of hydrogen-bond acceptors (Lipinski definition) is 2. The van der Waals surface area contributed by atoms with E-state index in [9.17, 15) is 4.39 Å². The van der Waals surface area contributed by atoms with Crippen molar-refractivity contribution in [3.63, 3.8) is 0 Å². The predicted octanol–water partition coefficient (Wildman–Crippen LogP) is 2.79. The molecule has 0 radical (unpaired) electrons. The fraction of sp³-hybridized carbons (Fsp3) is 0.455. The van der Waals surface area contributed by atoms with E-state index in [0.29, 0.717) is 0 Å². The lowest BCUT2D eigenvalue weighted by molar-refractivity contribution is 0.591. The van der Waals surface area contributed by atoms with E-state index in [2.05, 4.69) is 0 Å². The average molecular weight is 196 g/mol. The molecule has 1 fully saturated rings. The molecule has 0 saturated heterocycles. The largest absolute Gasteiger partial charge is 0.344 e. The van der Waals surface area contributed by atoms with E-state index in [-0.39, 0.29) is 18.0 Å². The van der Waals surface area contributed by atoms with E-state index in [1.165, 1.54) is 25.0 Å². The van der Waals surface area contributed by atoms with Crippen molar-refractivity contribution in [3.8, 4) is 0 Å². The molecule has 0 heterocycles. The molecule has 5 N–H and O–H groups in total. The van der Waals surface area contributed by atoms with Gasteiger partial charge in [-0.25, -0.2) is 4.39 Å². The van der Waals surface area contributed by atoms with Crippen LogP contribution in [0.1, 0.15) is 30.9 Å². The van der Waals surface area contributed by atoms with Gasteiger partial charge in [0.05, 0.1) is 0 Å². The zero-order valence-electron chi connectivity index (χ0n) is 8.25. The van der Waals surface area contributed by atoms with Crippen molar-refractivity contribution in [3.05, 3.63) is 35.6 Å². The van der Waals surface area contributed by atoms with Gasteiger partial charge in [0.25, 0.3) is 0 Å². The number of rotatable bonds is 3. The van der Waals surface area contributed by atoms with Gasteiger partial charge in [0, 0.05) is 6.04 Å². The molecule has 0 aromatic heterocycles. The van der Waals surface area contributed by atoms with E-state index in [1.54, 1.807) is 12.1 Å². The third-order valence-electron chi connectivity index (χ3n) is 2.58. The van der Waals surface area contributed by atoms with Crippen molar-refractivity contribution < 1.29 is 4.39 Å². The summed E-state index contributed by atoms with van der Waals surface area (Å²) in [5.41, 5.74) is 7.01. The van der Waals surface area contributed by atoms with Crippen molar-refractivity contribution in [2.24, 2.45) is 11.7 Å². The minimum absolute atomic E-state index is 0. The lowest BCUT2D eigenvalue weighted by Crippen LogP contribution is -2.10. The van der Waals surface area contributed by atoms with Crippen LogP contribution in [0.4, 0.5) is 4.39 Å². The van der Waals surface area contributed by atoms with E-state index in [1.807, 2.05) is 0 Å². The molecular weight excluding hydrogens is 179 g/mol. The number of hydrogen-bond donors (Lipinski definition) is 2. The second kappa shape index (κ2) is 4.53. The molecule has 1 aromatic rings. The van der Waals surface area contributed by atoms with E-state index in [0.717, 1.165) is 17.9 Å². The van der Waals surface area contributed by atoms with Gasteiger partial charge < -0.3 is 11.9 Å². The SMILES string of the molecule is N.NC(CC1CC1)c1ccc(F)cc1. The predicted molar refractivity (Wildman–Crippen MR) is 55.7 cm³/mol. The Labute approximate surface area is 83.9 Å². The minimum atomic E-state index is -0.192. The Morgan fingerprint density at radius 2 is 1.86 bits per heavy atom. The maximum Gasteiger partial charge on any atom is 0.123 e. The summed E-state index contributed by atoms with van der Waals surface area (Å²) in [6, 6.07) is 6.60. The summed E-state index contributed by atoms with van der Waals surface area (Å²) < 4.78 is 12.6. The van der Waals surface area contributed by atoms with Crippen molar-refractivity contribution in [1.82, 2.24) is 6.15 Å². The van der Waals surface area contributed by atoms with Gasteiger partial charge in [-0.3, -0.25) is 0 Å². The molecule has 1 atom stereocenters. The Morgan fingerprint density at radius 1 is 1.29 bits per heavy atom. The van der Waals surface area contributed by atoms with Crippen LogP contribution < -0.4 is 11.9 Å². The molecule has 1 aromatic carbocycles.